The number of aryl methyl sites for hydroxylation is 2. The molecular formula is C74H80O6. The largest absolute Gasteiger partial charge is 0.488 e. The van der Waals surface area contributed by atoms with E-state index in [0.717, 1.165) is 89.4 Å². The zero-order valence-corrected chi connectivity index (χ0v) is 49.7. The molecule has 6 heteroatoms. The first-order valence-corrected chi connectivity index (χ1v) is 28.3. The van der Waals surface area contributed by atoms with Gasteiger partial charge >= 0.3 is 11.9 Å². The van der Waals surface area contributed by atoms with E-state index in [0.29, 0.717) is 61.5 Å². The molecule has 1 aliphatic rings. The van der Waals surface area contributed by atoms with Crippen LogP contribution in [0.5, 0.6) is 23.0 Å². The summed E-state index contributed by atoms with van der Waals surface area (Å²) in [7, 11) is 0. The number of esters is 2. The fourth-order valence-corrected chi connectivity index (χ4v) is 10.4. The second-order valence-corrected chi connectivity index (χ2v) is 26.3. The average molecular weight is 1070 g/mol. The Kier molecular flexibility index (Phi) is 16.3. The molecule has 9 rings (SSSR count). The van der Waals surface area contributed by atoms with Gasteiger partial charge in [0.15, 0.2) is 0 Å². The van der Waals surface area contributed by atoms with E-state index < -0.39 is 11.9 Å². The topological polar surface area (TPSA) is 71.1 Å². The maximum atomic E-state index is 14.7. The van der Waals surface area contributed by atoms with E-state index in [1.807, 2.05) is 36.4 Å². The molecule has 8 aromatic rings. The summed E-state index contributed by atoms with van der Waals surface area (Å²) >= 11 is 0. The number of carbonyl (C=O) groups is 2. The van der Waals surface area contributed by atoms with Gasteiger partial charge in [0, 0.05) is 47.9 Å². The second kappa shape index (κ2) is 22.8. The molecule has 1 aliphatic carbocycles. The number of rotatable bonds is 10. The predicted octanol–water partition coefficient (Wildman–Crippen LogP) is 17.8. The molecule has 0 spiro atoms. The molecule has 0 unspecified atom stereocenters. The Balaban J connectivity index is 1.41. The molecule has 6 nitrogen and oxygen atoms in total. The lowest BCUT2D eigenvalue weighted by molar-refractivity contribution is 0.0722. The minimum absolute atomic E-state index is 0.287. The highest BCUT2D eigenvalue weighted by Crippen LogP contribution is 2.45. The lowest BCUT2D eigenvalue weighted by Gasteiger charge is -2.29. The van der Waals surface area contributed by atoms with Crippen molar-refractivity contribution < 1.29 is 28.5 Å². The maximum absolute atomic E-state index is 14.7. The molecule has 0 aliphatic heterocycles. The first-order valence-electron chi connectivity index (χ1n) is 28.3. The van der Waals surface area contributed by atoms with E-state index in [1.165, 1.54) is 11.1 Å². The highest BCUT2D eigenvalue weighted by Gasteiger charge is 2.31. The van der Waals surface area contributed by atoms with Crippen molar-refractivity contribution in [2.75, 3.05) is 0 Å². The van der Waals surface area contributed by atoms with Crippen LogP contribution >= 0.6 is 0 Å². The van der Waals surface area contributed by atoms with Crippen LogP contribution in [0.4, 0.5) is 0 Å². The predicted molar refractivity (Wildman–Crippen MR) is 326 cm³/mol. The van der Waals surface area contributed by atoms with E-state index in [-0.39, 0.29) is 21.7 Å². The van der Waals surface area contributed by atoms with E-state index >= 15 is 0 Å². The van der Waals surface area contributed by atoms with Crippen LogP contribution in [0.2, 0.25) is 0 Å². The Morgan fingerprint density at radius 2 is 0.575 bits per heavy atom. The summed E-state index contributed by atoms with van der Waals surface area (Å²) in [5, 5.41) is 0. The highest BCUT2D eigenvalue weighted by atomic mass is 16.5. The van der Waals surface area contributed by atoms with Crippen LogP contribution in [0.15, 0.2) is 158 Å². The summed E-state index contributed by atoms with van der Waals surface area (Å²) in [6.45, 7) is 31.7. The third kappa shape index (κ3) is 13.5. The van der Waals surface area contributed by atoms with Crippen molar-refractivity contribution >= 4 is 11.9 Å². The summed E-state index contributed by atoms with van der Waals surface area (Å²) in [6.07, 6.45) is 1.51. The van der Waals surface area contributed by atoms with Gasteiger partial charge in [-0.1, -0.05) is 228 Å². The Morgan fingerprint density at radius 3 is 0.812 bits per heavy atom. The number of benzene rings is 8. The molecule has 0 amide bonds. The molecule has 0 heterocycles. The van der Waals surface area contributed by atoms with Crippen molar-refractivity contribution in [2.24, 2.45) is 0 Å². The Labute approximate surface area is 476 Å². The second-order valence-electron chi connectivity index (χ2n) is 26.3. The van der Waals surface area contributed by atoms with Gasteiger partial charge in [-0.15, -0.1) is 0 Å². The third-order valence-corrected chi connectivity index (χ3v) is 15.4. The molecule has 0 radical (unpaired) electrons. The Hall–Kier alpha value is -7.70. The molecule has 8 bridgehead atoms. The van der Waals surface area contributed by atoms with Crippen molar-refractivity contribution in [1.82, 2.24) is 0 Å². The molecule has 0 saturated carbocycles. The average Bonchev–Trinajstić information content (AvgIpc) is 3.43. The van der Waals surface area contributed by atoms with E-state index in [4.69, 9.17) is 18.9 Å². The summed E-state index contributed by atoms with van der Waals surface area (Å²) in [4.78, 5) is 29.4. The van der Waals surface area contributed by atoms with Gasteiger partial charge in [-0.3, -0.25) is 0 Å². The van der Waals surface area contributed by atoms with E-state index in [9.17, 15) is 9.59 Å². The summed E-state index contributed by atoms with van der Waals surface area (Å²) in [6, 6.07) is 53.5. The molecular weight excluding hydrogens is 985 g/mol. The van der Waals surface area contributed by atoms with Crippen molar-refractivity contribution in [3.8, 4) is 23.0 Å². The molecule has 0 fully saturated rings. The zero-order valence-electron chi connectivity index (χ0n) is 49.7. The van der Waals surface area contributed by atoms with Crippen LogP contribution in [-0.4, -0.2) is 11.9 Å². The normalized spacial score (nSPS) is 12.9. The van der Waals surface area contributed by atoms with Gasteiger partial charge in [0.25, 0.3) is 0 Å². The molecule has 0 atom stereocenters. The number of hydrogen-bond donors (Lipinski definition) is 0. The zero-order chi connectivity index (χ0) is 57.3. The summed E-state index contributed by atoms with van der Waals surface area (Å²) < 4.78 is 28.3. The fourth-order valence-electron chi connectivity index (χ4n) is 10.4. The Bertz CT molecular complexity index is 3210. The first kappa shape index (κ1) is 57.0. The number of ether oxygens (including phenoxy) is 4. The molecule has 0 saturated heterocycles. The minimum Gasteiger partial charge on any atom is -0.488 e. The van der Waals surface area contributed by atoms with Gasteiger partial charge in [0.1, 0.15) is 36.2 Å². The lowest BCUT2D eigenvalue weighted by atomic mass is 9.79. The van der Waals surface area contributed by atoms with Crippen LogP contribution in [0.3, 0.4) is 0 Å². The van der Waals surface area contributed by atoms with Crippen LogP contribution in [-0.2, 0) is 60.6 Å². The van der Waals surface area contributed by atoms with Gasteiger partial charge in [-0.2, -0.15) is 0 Å². The van der Waals surface area contributed by atoms with Gasteiger partial charge < -0.3 is 18.9 Å². The van der Waals surface area contributed by atoms with Crippen LogP contribution < -0.4 is 18.9 Å². The highest BCUT2D eigenvalue weighted by molar-refractivity contribution is 5.92. The number of carbonyl (C=O) groups excluding carboxylic acids is 2. The van der Waals surface area contributed by atoms with Crippen molar-refractivity contribution in [1.29, 1.82) is 0 Å². The third-order valence-electron chi connectivity index (χ3n) is 15.4. The molecule has 0 N–H and O–H groups in total. The first-order chi connectivity index (χ1) is 37.8. The molecule has 0 aromatic heterocycles. The van der Waals surface area contributed by atoms with Crippen LogP contribution in [0.1, 0.15) is 193 Å². The van der Waals surface area contributed by atoms with Crippen LogP contribution in [0.25, 0.3) is 0 Å². The number of fused-ring (bicyclic) bond motifs is 8. The van der Waals surface area contributed by atoms with Crippen molar-refractivity contribution in [2.45, 2.75) is 157 Å². The Morgan fingerprint density at radius 1 is 0.338 bits per heavy atom. The van der Waals surface area contributed by atoms with E-state index in [1.54, 1.807) is 24.3 Å². The SMILES string of the molecule is Cc1ccc(COc2c3cc(C(C)(C)C)cc2Cc2cc(C(C)(C)C)cc(c2OC(=O)c2ccccc2)Cc2cc(C(C)(C)C)cc(c2OCc2ccc(C)cc2)Cc2cc(C(C)(C)C)cc(c2OC(=O)c2ccccc2)C3)cc1. The summed E-state index contributed by atoms with van der Waals surface area (Å²) in [5.74, 6) is 1.66. The maximum Gasteiger partial charge on any atom is 0.343 e. The number of hydrogen-bond acceptors (Lipinski definition) is 6. The minimum atomic E-state index is -0.434. The molecule has 412 valence electrons. The van der Waals surface area contributed by atoms with Crippen molar-refractivity contribution in [3.05, 3.63) is 258 Å². The monoisotopic (exact) mass is 1060 g/mol. The van der Waals surface area contributed by atoms with Gasteiger partial charge in [0.05, 0.1) is 11.1 Å². The van der Waals surface area contributed by atoms with Gasteiger partial charge in [-0.25, -0.2) is 9.59 Å². The summed E-state index contributed by atoms with van der Waals surface area (Å²) in [5.41, 5.74) is 15.9. The van der Waals surface area contributed by atoms with Crippen molar-refractivity contribution in [3.63, 3.8) is 0 Å². The fraction of sp³-hybridized carbons (Fsp3) is 0.324. The van der Waals surface area contributed by atoms with Crippen LogP contribution in [0, 0.1) is 13.8 Å². The van der Waals surface area contributed by atoms with Gasteiger partial charge in [0.2, 0.25) is 0 Å². The standard InChI is InChI=1S/C74H80O6/c1-47-25-29-49(30-26-47)45-77-65-53-33-57-41-63(73(9,10)11)43-59(67(57)79-69(75)51-21-17-15-18-22-51)35-55-39-62(72(6,7)8)40-56(66(55)78-46-50-31-27-48(2)28-32-50)36-60-44-64(74(12,13)14)42-58(34-54(65)38-61(37-53)71(3,4)5)68(60)80-70(76)52-23-19-16-20-24-52/h15-32,37-44H,33-36,45-46H2,1-14H3. The van der Waals surface area contributed by atoms with Gasteiger partial charge in [-0.05, 0) is 115 Å². The van der Waals surface area contributed by atoms with E-state index in [2.05, 4.69) is 194 Å². The smallest absolute Gasteiger partial charge is 0.343 e. The lowest BCUT2D eigenvalue weighted by Crippen LogP contribution is -2.19. The molecule has 8 aromatic carbocycles. The quantitative estimate of drug-likeness (QED) is 0.100. The molecule has 80 heavy (non-hydrogen) atoms.